The highest BCUT2D eigenvalue weighted by atomic mass is 16.3. The number of aromatic nitrogens is 2. The summed E-state index contributed by atoms with van der Waals surface area (Å²) in [5.41, 5.74) is 16.4. The van der Waals surface area contributed by atoms with Crippen LogP contribution in [0, 0.1) is 55.7 Å². The summed E-state index contributed by atoms with van der Waals surface area (Å²) in [6.45, 7) is 53.8. The number of carbonyl (C=O) groups is 5. The first-order valence-electron chi connectivity index (χ1n) is 33.6. The van der Waals surface area contributed by atoms with Crippen molar-refractivity contribution in [2.75, 3.05) is 46.4 Å². The normalized spacial score (nSPS) is 15.4. The minimum atomic E-state index is -0.216. The minimum Gasteiger partial charge on any atom is -0.396 e. The number of benzene rings is 2. The molecule has 7 amide bonds. The van der Waals surface area contributed by atoms with Gasteiger partial charge in [-0.3, -0.25) is 14.4 Å². The van der Waals surface area contributed by atoms with E-state index >= 15 is 0 Å². The molecule has 4 aromatic rings. The van der Waals surface area contributed by atoms with Crippen LogP contribution in [-0.4, -0.2) is 107 Å². The number of likely N-dealkylation sites (tertiary alicyclic amines) is 1. The maximum atomic E-state index is 11.7. The molecule has 2 saturated heterocycles. The van der Waals surface area contributed by atoms with Gasteiger partial charge in [0.15, 0.2) is 0 Å². The first-order chi connectivity index (χ1) is 41.7. The molecule has 15 heteroatoms. The van der Waals surface area contributed by atoms with E-state index in [2.05, 4.69) is 154 Å². The molecule has 4 unspecified atom stereocenters. The predicted molar refractivity (Wildman–Crippen MR) is 383 cm³/mol. The number of aliphatic hydroxyl groups is 1. The summed E-state index contributed by atoms with van der Waals surface area (Å²) in [4.78, 5) is 66.6. The Morgan fingerprint density at radius 1 is 0.626 bits per heavy atom. The number of urea groups is 2. The largest absolute Gasteiger partial charge is 0.396 e. The van der Waals surface area contributed by atoms with Crippen molar-refractivity contribution in [3.05, 3.63) is 120 Å². The average molecular weight is 1270 g/mol. The number of aliphatic hydroxyl groups excluding tert-OH is 1. The predicted octanol–water partition coefficient (Wildman–Crippen LogP) is 16.2. The van der Waals surface area contributed by atoms with E-state index in [1.165, 1.54) is 24.1 Å². The third kappa shape index (κ3) is 39.8. The average Bonchev–Trinajstić information content (AvgIpc) is 2.01. The summed E-state index contributed by atoms with van der Waals surface area (Å²) < 4.78 is 0. The molecule has 0 aliphatic carbocycles. The van der Waals surface area contributed by atoms with Crippen molar-refractivity contribution in [2.45, 2.75) is 229 Å². The van der Waals surface area contributed by atoms with Gasteiger partial charge in [0, 0.05) is 81.7 Å². The number of primary amides is 2. The molecule has 2 aromatic carbocycles. The van der Waals surface area contributed by atoms with Crippen LogP contribution in [0.3, 0.4) is 0 Å². The zero-order chi connectivity index (χ0) is 70.2. The van der Waals surface area contributed by atoms with Gasteiger partial charge >= 0.3 is 12.1 Å². The summed E-state index contributed by atoms with van der Waals surface area (Å²) in [5.74, 6) is -0.0123. The third-order valence-corrected chi connectivity index (χ3v) is 15.8. The first-order valence-corrected chi connectivity index (χ1v) is 33.6. The molecule has 4 heterocycles. The molecular formula is C76H133N9O6. The topological polar surface area (TPSA) is 232 Å². The summed E-state index contributed by atoms with van der Waals surface area (Å²) >= 11 is 0. The number of hydrogen-bond donors (Lipinski definition) is 8. The van der Waals surface area contributed by atoms with Gasteiger partial charge in [0.2, 0.25) is 11.8 Å². The van der Waals surface area contributed by atoms with E-state index < -0.39 is 0 Å². The van der Waals surface area contributed by atoms with Crippen LogP contribution < -0.4 is 27.4 Å². The molecule has 6 rings (SSSR count). The lowest BCUT2D eigenvalue weighted by Gasteiger charge is -2.38. The first kappa shape index (κ1) is 84.9. The standard InChI is InChI=1S/C13H19NO.C12H24N2O.C12H18O.C11H18N2O.C10H17N.C9H18N2O.C9H19NO/c1-13(2,3)11(12(14)15)9-10-7-5-4-6-8-10;1-12(2,3)9-10-7-5-6-8-14(10)11(15)13-4;1-12(2,3)11(9-13)10-7-5-4-6-8-10;1-11(2,3)6-8-13-10(14)9-5-4-7-12-9;1-10(2,3)7-6-9-5-4-8-11-9;1-9(2,3)4-6-11-7-5-10-8(11)12;1-6(2)7(8(10)11)9(3,4)5/h4-8,11H,9H2,1-3H3,(H2,14,15);10H,5-9H2,1-4H3,(H,13,15);4-8,11,13H,9H2,1-3H3;4-5,7,12H,6,8H2,1-3H3,(H,13,14);4-5,8,11H,6-7H2,1-3H3;4-7H2,1-3H3,(H,10,12);6-7H,1-5H3,(H2,10,11). The molecule has 0 spiro atoms. The summed E-state index contributed by atoms with van der Waals surface area (Å²) in [6.07, 6.45) is 13.6. The Labute approximate surface area is 554 Å². The van der Waals surface area contributed by atoms with Crippen molar-refractivity contribution >= 4 is 29.8 Å². The van der Waals surface area contributed by atoms with E-state index in [-0.39, 0.29) is 75.8 Å². The summed E-state index contributed by atoms with van der Waals surface area (Å²) in [6, 6.07) is 28.6. The van der Waals surface area contributed by atoms with Crippen LogP contribution in [0.15, 0.2) is 97.3 Å². The van der Waals surface area contributed by atoms with Crippen LogP contribution in [0.1, 0.15) is 237 Å². The molecule has 2 aliphatic rings. The molecular weight excluding hydrogens is 1130 g/mol. The molecule has 2 fully saturated rings. The van der Waals surface area contributed by atoms with Crippen LogP contribution in [0.5, 0.6) is 0 Å². The second-order valence-corrected chi connectivity index (χ2v) is 33.1. The second-order valence-electron chi connectivity index (χ2n) is 33.1. The van der Waals surface area contributed by atoms with E-state index in [1.54, 1.807) is 19.3 Å². The molecule has 2 aliphatic heterocycles. The number of H-pyrrole nitrogens is 2. The molecule has 0 saturated carbocycles. The van der Waals surface area contributed by atoms with E-state index in [1.807, 2.05) is 126 Å². The number of nitrogens with zero attached hydrogens (tertiary/aromatic N) is 2. The van der Waals surface area contributed by atoms with E-state index in [9.17, 15) is 29.1 Å². The highest BCUT2D eigenvalue weighted by Gasteiger charge is 2.33. The van der Waals surface area contributed by atoms with Gasteiger partial charge < -0.3 is 52.3 Å². The third-order valence-electron chi connectivity index (χ3n) is 15.8. The molecule has 2 aromatic heterocycles. The van der Waals surface area contributed by atoms with Gasteiger partial charge in [-0.05, 0) is 137 Å². The SMILES string of the molecule is CC(C)(C)C(CO)c1ccccc1.CC(C)(C)C(Cc1ccccc1)C(N)=O.CC(C)(C)CCN1CCNC1=O.CC(C)(C)CCNC(=O)c1ccc[nH]1.CC(C)(C)CCc1ccc[nH]1.CC(C)C(C(N)=O)C(C)(C)C.CNC(=O)N1CCCCC1CC(C)(C)C. The van der Waals surface area contributed by atoms with Crippen LogP contribution >= 0.6 is 0 Å². The summed E-state index contributed by atoms with van der Waals surface area (Å²) in [5, 5.41) is 17.7. The van der Waals surface area contributed by atoms with Crippen molar-refractivity contribution < 1.29 is 29.1 Å². The van der Waals surface area contributed by atoms with E-state index in [0.717, 1.165) is 83.2 Å². The Hall–Kier alpha value is -6.09. The Morgan fingerprint density at radius 2 is 1.16 bits per heavy atom. The quantitative estimate of drug-likeness (QED) is 0.0576. The Bertz CT molecular complexity index is 2590. The number of carbonyl (C=O) groups excluding carboxylic acids is 5. The number of nitrogens with one attached hydrogen (secondary N) is 5. The van der Waals surface area contributed by atoms with Crippen molar-refractivity contribution in [2.24, 2.45) is 67.1 Å². The minimum absolute atomic E-state index is 0.0139. The lowest BCUT2D eigenvalue weighted by molar-refractivity contribution is -0.127. The van der Waals surface area contributed by atoms with Crippen molar-refractivity contribution in [3.63, 3.8) is 0 Å². The van der Waals surface area contributed by atoms with Gasteiger partial charge in [-0.25, -0.2) is 9.59 Å². The lowest BCUT2D eigenvalue weighted by atomic mass is 9.74. The number of aryl methyl sites for hydroxylation is 1. The van der Waals surface area contributed by atoms with Crippen molar-refractivity contribution in [1.29, 1.82) is 0 Å². The van der Waals surface area contributed by atoms with E-state index in [4.69, 9.17) is 11.5 Å². The zero-order valence-corrected chi connectivity index (χ0v) is 61.8. The zero-order valence-electron chi connectivity index (χ0n) is 61.8. The number of rotatable bonds is 15. The molecule has 4 atom stereocenters. The Morgan fingerprint density at radius 3 is 1.55 bits per heavy atom. The number of amides is 7. The van der Waals surface area contributed by atoms with E-state index in [0.29, 0.717) is 33.9 Å². The monoisotopic (exact) mass is 1270 g/mol. The van der Waals surface area contributed by atoms with Crippen LogP contribution in [0.4, 0.5) is 9.59 Å². The van der Waals surface area contributed by atoms with Gasteiger partial charge in [0.1, 0.15) is 5.69 Å². The molecule has 10 N–H and O–H groups in total. The van der Waals surface area contributed by atoms with Crippen LogP contribution in [0.25, 0.3) is 0 Å². The van der Waals surface area contributed by atoms with Crippen LogP contribution in [-0.2, 0) is 22.4 Å². The number of aromatic amines is 2. The fourth-order valence-corrected chi connectivity index (χ4v) is 10.7. The molecule has 0 radical (unpaired) electrons. The number of nitrogens with two attached hydrogens (primary N) is 2. The Kier molecular flexibility index (Phi) is 37.4. The Balaban J connectivity index is 0.00000104. The highest BCUT2D eigenvalue weighted by molar-refractivity contribution is 5.92. The van der Waals surface area contributed by atoms with Crippen LogP contribution in [0.2, 0.25) is 0 Å². The fourth-order valence-electron chi connectivity index (χ4n) is 10.7. The maximum Gasteiger partial charge on any atom is 0.317 e. The van der Waals surface area contributed by atoms with Crippen molar-refractivity contribution in [1.82, 2.24) is 35.7 Å². The smallest absolute Gasteiger partial charge is 0.317 e. The second kappa shape index (κ2) is 40.1. The molecule has 0 bridgehead atoms. The van der Waals surface area contributed by atoms with Gasteiger partial charge in [-0.15, -0.1) is 0 Å². The molecule has 91 heavy (non-hydrogen) atoms. The van der Waals surface area contributed by atoms with Gasteiger partial charge in [-0.1, -0.05) is 220 Å². The van der Waals surface area contributed by atoms with Gasteiger partial charge in [0.05, 0.1) is 6.61 Å². The fraction of sp³-hybridized carbons (Fsp3) is 0.671. The maximum absolute atomic E-state index is 11.7. The number of hydrogen-bond acceptors (Lipinski definition) is 6. The van der Waals surface area contributed by atoms with Gasteiger partial charge in [0.25, 0.3) is 5.91 Å². The highest BCUT2D eigenvalue weighted by Crippen LogP contribution is 2.35. The molecule has 15 nitrogen and oxygen atoms in total. The van der Waals surface area contributed by atoms with Crippen molar-refractivity contribution in [3.8, 4) is 0 Å². The van der Waals surface area contributed by atoms with Gasteiger partial charge in [-0.2, -0.15) is 0 Å². The number of piperidine rings is 1. The summed E-state index contributed by atoms with van der Waals surface area (Å²) in [7, 11) is 1.71. The molecule has 518 valence electrons. The lowest BCUT2D eigenvalue weighted by Crippen LogP contribution is -2.48.